The number of ether oxygens (including phenoxy) is 1. The van der Waals surface area contributed by atoms with E-state index in [0.717, 1.165) is 0 Å². The molecule has 0 aromatic rings. The van der Waals surface area contributed by atoms with E-state index in [1.807, 2.05) is 27.7 Å². The fourth-order valence-electron chi connectivity index (χ4n) is 1.87. The molecule has 0 saturated carbocycles. The monoisotopic (exact) mass is 257 g/mol. The molecule has 0 amide bonds. The smallest absolute Gasteiger partial charge is 0.138 e. The van der Waals surface area contributed by atoms with E-state index in [4.69, 9.17) is 4.74 Å². The van der Waals surface area contributed by atoms with Crippen molar-refractivity contribution in [3.8, 4) is 0 Å². The molecule has 18 heavy (non-hydrogen) atoms. The van der Waals surface area contributed by atoms with Crippen LogP contribution in [0.2, 0.25) is 0 Å². The fourth-order valence-corrected chi connectivity index (χ4v) is 1.87. The van der Waals surface area contributed by atoms with E-state index < -0.39 is 5.60 Å². The molecule has 0 bridgehead atoms. The molecule has 3 nitrogen and oxygen atoms in total. The molecule has 0 saturated heterocycles. The molecule has 3 heteroatoms. The molecule has 0 unspecified atom stereocenters. The first kappa shape index (κ1) is 17.6. The van der Waals surface area contributed by atoms with E-state index in [0.29, 0.717) is 19.1 Å². The highest BCUT2D eigenvalue weighted by molar-refractivity contribution is 5.81. The van der Waals surface area contributed by atoms with Crippen LogP contribution in [0.25, 0.3) is 0 Å². The van der Waals surface area contributed by atoms with E-state index in [-0.39, 0.29) is 17.2 Å². The Morgan fingerprint density at radius 3 is 2.00 bits per heavy atom. The Balaban J connectivity index is 4.29. The third-order valence-corrected chi connectivity index (χ3v) is 2.75. The minimum absolute atomic E-state index is 0.0771. The second kappa shape index (κ2) is 6.67. The van der Waals surface area contributed by atoms with Gasteiger partial charge in [-0.2, -0.15) is 0 Å². The van der Waals surface area contributed by atoms with Gasteiger partial charge < -0.3 is 10.1 Å². The topological polar surface area (TPSA) is 38.3 Å². The van der Waals surface area contributed by atoms with Gasteiger partial charge in [-0.25, -0.2) is 0 Å². The lowest BCUT2D eigenvalue weighted by Crippen LogP contribution is -2.49. The highest BCUT2D eigenvalue weighted by atomic mass is 16.5. The Morgan fingerprint density at radius 1 is 1.11 bits per heavy atom. The van der Waals surface area contributed by atoms with Gasteiger partial charge in [-0.1, -0.05) is 27.7 Å². The molecule has 0 rings (SSSR count). The molecule has 0 heterocycles. The number of nitrogens with one attached hydrogen (secondary N) is 1. The number of Topliss-reactive ketones (excluding diaryl/α,β-unsaturated/α-hetero) is 1. The van der Waals surface area contributed by atoms with E-state index in [2.05, 4.69) is 33.0 Å². The average molecular weight is 257 g/mol. The van der Waals surface area contributed by atoms with E-state index in [1.165, 1.54) is 0 Å². The van der Waals surface area contributed by atoms with Crippen molar-refractivity contribution in [2.75, 3.05) is 6.61 Å². The van der Waals surface area contributed by atoms with Gasteiger partial charge >= 0.3 is 0 Å². The Bertz CT molecular complexity index is 268. The lowest BCUT2D eigenvalue weighted by molar-refractivity contribution is -0.129. The number of hydrogen-bond acceptors (Lipinski definition) is 3. The van der Waals surface area contributed by atoms with E-state index >= 15 is 0 Å². The van der Waals surface area contributed by atoms with Crippen molar-refractivity contribution in [2.24, 2.45) is 5.92 Å². The molecule has 0 atom stereocenters. The predicted molar refractivity (Wildman–Crippen MR) is 76.8 cm³/mol. The van der Waals surface area contributed by atoms with Gasteiger partial charge in [-0.3, -0.25) is 4.79 Å². The van der Waals surface area contributed by atoms with Crippen LogP contribution in [0.4, 0.5) is 0 Å². The van der Waals surface area contributed by atoms with Crippen LogP contribution < -0.4 is 5.32 Å². The Hall–Kier alpha value is -0.410. The summed E-state index contributed by atoms with van der Waals surface area (Å²) in [5, 5.41) is 3.46. The van der Waals surface area contributed by atoms with Crippen molar-refractivity contribution in [1.29, 1.82) is 0 Å². The fraction of sp³-hybridized carbons (Fsp3) is 0.933. The molecule has 0 aromatic carbocycles. The van der Waals surface area contributed by atoms with Crippen LogP contribution in [0.1, 0.15) is 61.8 Å². The predicted octanol–water partition coefficient (Wildman–Crippen LogP) is 3.17. The van der Waals surface area contributed by atoms with Crippen LogP contribution in [0.3, 0.4) is 0 Å². The summed E-state index contributed by atoms with van der Waals surface area (Å²) in [6.07, 6.45) is 0.475. The molecule has 0 radical (unpaired) electrons. The van der Waals surface area contributed by atoms with Crippen LogP contribution >= 0.6 is 0 Å². The highest BCUT2D eigenvalue weighted by Crippen LogP contribution is 2.20. The lowest BCUT2D eigenvalue weighted by atomic mass is 9.95. The minimum Gasteiger partial charge on any atom is -0.373 e. The first-order valence-electron chi connectivity index (χ1n) is 6.89. The van der Waals surface area contributed by atoms with Crippen molar-refractivity contribution in [1.82, 2.24) is 5.32 Å². The summed E-state index contributed by atoms with van der Waals surface area (Å²) in [4.78, 5) is 11.8. The summed E-state index contributed by atoms with van der Waals surface area (Å²) in [5.41, 5.74) is -0.469. The van der Waals surface area contributed by atoms with Gasteiger partial charge in [0, 0.05) is 23.9 Å². The molecular weight excluding hydrogens is 226 g/mol. The normalized spacial score (nSPS) is 13.4. The molecule has 0 aliphatic rings. The van der Waals surface area contributed by atoms with Gasteiger partial charge in [0.25, 0.3) is 0 Å². The lowest BCUT2D eigenvalue weighted by Gasteiger charge is -2.34. The van der Waals surface area contributed by atoms with Crippen molar-refractivity contribution in [3.63, 3.8) is 0 Å². The summed E-state index contributed by atoms with van der Waals surface area (Å²) in [6, 6.07) is 0.420. The molecule has 0 fully saturated rings. The van der Waals surface area contributed by atoms with Gasteiger partial charge in [0.2, 0.25) is 0 Å². The zero-order chi connectivity index (χ0) is 14.6. The second-order valence-corrected chi connectivity index (χ2v) is 7.03. The number of hydrogen-bond donors (Lipinski definition) is 1. The Morgan fingerprint density at radius 2 is 1.61 bits per heavy atom. The summed E-state index contributed by atoms with van der Waals surface area (Å²) < 4.78 is 5.93. The third kappa shape index (κ3) is 7.83. The molecule has 108 valence electrons. The maximum atomic E-state index is 11.8. The first-order valence-corrected chi connectivity index (χ1v) is 6.89. The average Bonchev–Trinajstić information content (AvgIpc) is 2.12. The van der Waals surface area contributed by atoms with Crippen LogP contribution in [0.15, 0.2) is 0 Å². The van der Waals surface area contributed by atoms with Crippen LogP contribution in [0.5, 0.6) is 0 Å². The number of carbonyl (C=O) groups excluding carboxylic acids is 1. The summed E-state index contributed by atoms with van der Waals surface area (Å²) in [7, 11) is 0. The zero-order valence-electron chi connectivity index (χ0n) is 13.4. The largest absolute Gasteiger partial charge is 0.373 e. The number of rotatable bonds is 8. The summed E-state index contributed by atoms with van der Waals surface area (Å²) >= 11 is 0. The van der Waals surface area contributed by atoms with Crippen LogP contribution in [0, 0.1) is 5.92 Å². The molecule has 0 aliphatic carbocycles. The van der Waals surface area contributed by atoms with Gasteiger partial charge in [0.15, 0.2) is 0 Å². The number of carbonyl (C=O) groups is 1. The first-order chi connectivity index (χ1) is 7.95. The highest BCUT2D eigenvalue weighted by Gasteiger charge is 2.28. The van der Waals surface area contributed by atoms with Gasteiger partial charge in [0.1, 0.15) is 5.78 Å². The second-order valence-electron chi connectivity index (χ2n) is 7.03. The van der Waals surface area contributed by atoms with Crippen molar-refractivity contribution >= 4 is 5.78 Å². The maximum Gasteiger partial charge on any atom is 0.138 e. The summed E-state index contributed by atoms with van der Waals surface area (Å²) in [5.74, 6) is 0.337. The van der Waals surface area contributed by atoms with Crippen molar-refractivity contribution in [3.05, 3.63) is 0 Å². The van der Waals surface area contributed by atoms with Crippen molar-refractivity contribution in [2.45, 2.75) is 79.0 Å². The van der Waals surface area contributed by atoms with E-state index in [1.54, 1.807) is 0 Å². The molecule has 1 N–H and O–H groups in total. The van der Waals surface area contributed by atoms with Crippen LogP contribution in [-0.2, 0) is 9.53 Å². The number of ketones is 1. The quantitative estimate of drug-likeness (QED) is 0.726. The molecule has 0 aromatic heterocycles. The Labute approximate surface area is 113 Å². The summed E-state index contributed by atoms with van der Waals surface area (Å²) in [6.45, 7) is 16.9. The zero-order valence-corrected chi connectivity index (χ0v) is 13.4. The van der Waals surface area contributed by atoms with Gasteiger partial charge in [-0.05, 0) is 27.7 Å². The molecule has 0 aliphatic heterocycles. The molecule has 0 spiro atoms. The van der Waals surface area contributed by atoms with Crippen molar-refractivity contribution < 1.29 is 9.53 Å². The van der Waals surface area contributed by atoms with Crippen LogP contribution in [-0.4, -0.2) is 29.6 Å². The molecular formula is C15H31NO2. The Kier molecular flexibility index (Phi) is 6.52. The minimum atomic E-state index is -0.392. The van der Waals surface area contributed by atoms with Gasteiger partial charge in [-0.15, -0.1) is 0 Å². The standard InChI is InChI=1S/C15H31NO2/c1-11(2)13(17)9-15(7,8)18-10-14(5,6)16-12(3)4/h11-12,16H,9-10H2,1-8H3. The SMILES string of the molecule is CC(C)NC(C)(C)COC(C)(C)CC(=O)C(C)C. The van der Waals surface area contributed by atoms with Gasteiger partial charge in [0.05, 0.1) is 12.2 Å². The van der Waals surface area contributed by atoms with E-state index in [9.17, 15) is 4.79 Å². The third-order valence-electron chi connectivity index (χ3n) is 2.75. The maximum absolute atomic E-state index is 11.8.